The summed E-state index contributed by atoms with van der Waals surface area (Å²) in [5.41, 5.74) is 2.97. The van der Waals surface area contributed by atoms with Crippen molar-refractivity contribution in [2.24, 2.45) is 10.8 Å². The van der Waals surface area contributed by atoms with Crippen molar-refractivity contribution in [3.8, 4) is 0 Å². The summed E-state index contributed by atoms with van der Waals surface area (Å²) in [6, 6.07) is 0.954. The number of allylic oxidation sites excluding steroid dienone is 2. The Morgan fingerprint density at radius 3 is 2.03 bits per heavy atom. The summed E-state index contributed by atoms with van der Waals surface area (Å²) < 4.78 is 12.7. The van der Waals surface area contributed by atoms with Crippen LogP contribution in [0.1, 0.15) is 81.1 Å². The Balaban J connectivity index is 1.36. The third kappa shape index (κ3) is 3.19. The molecule has 3 aliphatic heterocycles. The van der Waals surface area contributed by atoms with Crippen LogP contribution in [-0.2, 0) is 14.1 Å². The van der Waals surface area contributed by atoms with E-state index in [1.54, 1.807) is 0 Å². The summed E-state index contributed by atoms with van der Waals surface area (Å²) in [5, 5.41) is 0. The minimum atomic E-state index is -0.406. The number of carbonyl (C=O) groups is 1. The lowest BCUT2D eigenvalue weighted by Crippen LogP contribution is -2.63. The molecule has 5 rings (SSSR count). The number of hydrogen-bond acceptors (Lipinski definition) is 4. The van der Waals surface area contributed by atoms with Crippen LogP contribution in [-0.4, -0.2) is 59.2 Å². The summed E-state index contributed by atoms with van der Waals surface area (Å²) in [6.07, 6.45) is 6.23. The van der Waals surface area contributed by atoms with Gasteiger partial charge in [-0.15, -0.1) is 0 Å². The summed E-state index contributed by atoms with van der Waals surface area (Å²) in [4.78, 5) is 18.2. The molecule has 2 saturated heterocycles. The predicted molar refractivity (Wildman–Crippen MR) is 123 cm³/mol. The summed E-state index contributed by atoms with van der Waals surface area (Å²) >= 11 is 0. The van der Waals surface area contributed by atoms with Gasteiger partial charge in [-0.3, -0.25) is 9.69 Å². The molecule has 1 saturated carbocycles. The zero-order valence-electron chi connectivity index (χ0n) is 20.7. The van der Waals surface area contributed by atoms with E-state index in [0.717, 1.165) is 31.4 Å². The quantitative estimate of drug-likeness (QED) is 0.630. The molecule has 0 radical (unpaired) electrons. The van der Waals surface area contributed by atoms with Crippen molar-refractivity contribution in [3.05, 3.63) is 22.8 Å². The molecule has 0 spiro atoms. The topological polar surface area (TPSA) is 42.0 Å². The Morgan fingerprint density at radius 2 is 1.48 bits per heavy atom. The summed E-state index contributed by atoms with van der Waals surface area (Å²) in [7, 11) is -0.322. The number of amides is 1. The van der Waals surface area contributed by atoms with Gasteiger partial charge in [0, 0.05) is 30.9 Å². The summed E-state index contributed by atoms with van der Waals surface area (Å²) in [5.74, 6) is 0.274. The molecule has 31 heavy (non-hydrogen) atoms. The van der Waals surface area contributed by atoms with E-state index in [4.69, 9.17) is 9.31 Å². The lowest BCUT2D eigenvalue weighted by Gasteiger charge is -2.56. The zero-order valence-corrected chi connectivity index (χ0v) is 20.7. The third-order valence-corrected chi connectivity index (χ3v) is 8.85. The number of nitrogens with zero attached hydrogens (tertiary/aromatic N) is 2. The predicted octanol–water partition coefficient (Wildman–Crippen LogP) is 4.33. The monoisotopic (exact) mass is 426 g/mol. The van der Waals surface area contributed by atoms with Crippen LogP contribution in [0.25, 0.3) is 0 Å². The Labute approximate surface area is 188 Å². The first-order chi connectivity index (χ1) is 14.2. The Bertz CT molecular complexity index is 855. The Kier molecular flexibility index (Phi) is 4.54. The van der Waals surface area contributed by atoms with E-state index in [9.17, 15) is 4.79 Å². The zero-order chi connectivity index (χ0) is 22.6. The number of hydrogen-bond donors (Lipinski definition) is 0. The fraction of sp³-hybridized carbons (Fsp3) is 0.800. The van der Waals surface area contributed by atoms with Crippen LogP contribution in [0, 0.1) is 10.8 Å². The largest absolute Gasteiger partial charge is 0.490 e. The van der Waals surface area contributed by atoms with Crippen molar-refractivity contribution in [1.82, 2.24) is 9.80 Å². The molecule has 0 bridgehead atoms. The van der Waals surface area contributed by atoms with E-state index in [1.165, 1.54) is 24.1 Å². The van der Waals surface area contributed by atoms with Gasteiger partial charge in [0.1, 0.15) is 0 Å². The van der Waals surface area contributed by atoms with E-state index in [1.807, 2.05) is 0 Å². The lowest BCUT2D eigenvalue weighted by atomic mass is 9.70. The highest BCUT2D eigenvalue weighted by atomic mass is 16.7. The van der Waals surface area contributed by atoms with Gasteiger partial charge in [0.25, 0.3) is 0 Å². The molecule has 170 valence electrons. The fourth-order valence-electron chi connectivity index (χ4n) is 6.04. The highest BCUT2D eigenvalue weighted by molar-refractivity contribution is 6.54. The summed E-state index contributed by atoms with van der Waals surface area (Å²) in [6.45, 7) is 19.7. The first kappa shape index (κ1) is 21.7. The average molecular weight is 426 g/mol. The number of likely N-dealkylation sites (tertiary alicyclic amines) is 1. The molecule has 0 aromatic rings. The number of rotatable bonds is 3. The smallest absolute Gasteiger partial charge is 0.400 e. The molecule has 0 aromatic carbocycles. The molecule has 1 amide bonds. The molecule has 2 aliphatic carbocycles. The van der Waals surface area contributed by atoms with Crippen LogP contribution in [0.3, 0.4) is 0 Å². The van der Waals surface area contributed by atoms with Gasteiger partial charge in [0.15, 0.2) is 0 Å². The SMILES string of the molecule is CC1(C)CN(C2CC(N3C(=O)C(C)(C)C4=C3C=C(B3OC(C)(C)C(C)(C)O3)CC4)C2)C1. The van der Waals surface area contributed by atoms with Crippen LogP contribution in [0.4, 0.5) is 0 Å². The average Bonchev–Trinajstić information content (AvgIpc) is 2.92. The first-order valence-electron chi connectivity index (χ1n) is 12.1. The fourth-order valence-corrected chi connectivity index (χ4v) is 6.04. The molecule has 3 heterocycles. The van der Waals surface area contributed by atoms with E-state index in [-0.39, 0.29) is 24.2 Å². The highest BCUT2D eigenvalue weighted by Crippen LogP contribution is 2.51. The third-order valence-electron chi connectivity index (χ3n) is 8.85. The molecule has 0 N–H and O–H groups in total. The maximum Gasteiger partial charge on any atom is 0.490 e. The molecular weight excluding hydrogens is 387 g/mol. The lowest BCUT2D eigenvalue weighted by molar-refractivity contribution is -0.140. The second-order valence-corrected chi connectivity index (χ2v) is 12.8. The van der Waals surface area contributed by atoms with Crippen molar-refractivity contribution in [3.63, 3.8) is 0 Å². The molecular formula is C25H39BN2O3. The van der Waals surface area contributed by atoms with E-state index in [2.05, 4.69) is 71.3 Å². The molecule has 6 heteroatoms. The molecule has 0 aromatic heterocycles. The maximum absolute atomic E-state index is 13.5. The van der Waals surface area contributed by atoms with E-state index < -0.39 is 5.41 Å². The minimum Gasteiger partial charge on any atom is -0.400 e. The first-order valence-corrected chi connectivity index (χ1v) is 12.1. The van der Waals surface area contributed by atoms with Gasteiger partial charge >= 0.3 is 7.12 Å². The van der Waals surface area contributed by atoms with Gasteiger partial charge < -0.3 is 14.2 Å². The van der Waals surface area contributed by atoms with Crippen LogP contribution >= 0.6 is 0 Å². The van der Waals surface area contributed by atoms with Crippen LogP contribution in [0.5, 0.6) is 0 Å². The van der Waals surface area contributed by atoms with Crippen LogP contribution in [0.15, 0.2) is 22.8 Å². The number of carbonyl (C=O) groups excluding carboxylic acids is 1. The van der Waals surface area contributed by atoms with Gasteiger partial charge in [-0.1, -0.05) is 13.8 Å². The van der Waals surface area contributed by atoms with Gasteiger partial charge in [-0.2, -0.15) is 0 Å². The normalized spacial score (nSPS) is 35.6. The molecule has 5 nitrogen and oxygen atoms in total. The molecule has 0 atom stereocenters. The molecule has 0 unspecified atom stereocenters. The Hall–Kier alpha value is -1.11. The Morgan fingerprint density at radius 1 is 0.903 bits per heavy atom. The highest BCUT2D eigenvalue weighted by Gasteiger charge is 2.56. The van der Waals surface area contributed by atoms with E-state index in [0.29, 0.717) is 17.5 Å². The van der Waals surface area contributed by atoms with Crippen molar-refractivity contribution in [2.75, 3.05) is 13.1 Å². The van der Waals surface area contributed by atoms with Crippen LogP contribution in [0.2, 0.25) is 0 Å². The van der Waals surface area contributed by atoms with E-state index >= 15 is 0 Å². The minimum absolute atomic E-state index is 0.274. The second kappa shape index (κ2) is 6.48. The maximum atomic E-state index is 13.5. The standard InChI is InChI=1S/C25H39BN2O3/c1-22(2)14-27(15-22)17-12-18(13-17)28-20-11-16(9-10-19(20)23(3,4)21(28)29)26-30-24(5,6)25(7,8)31-26/h11,17-18H,9-10,12-15H2,1-8H3. The second-order valence-electron chi connectivity index (χ2n) is 12.8. The van der Waals surface area contributed by atoms with Crippen molar-refractivity contribution < 1.29 is 14.1 Å². The van der Waals surface area contributed by atoms with Crippen LogP contribution < -0.4 is 0 Å². The van der Waals surface area contributed by atoms with Crippen molar-refractivity contribution in [1.29, 1.82) is 0 Å². The van der Waals surface area contributed by atoms with Crippen molar-refractivity contribution in [2.45, 2.75) is 104 Å². The van der Waals surface area contributed by atoms with Gasteiger partial charge in [0.05, 0.1) is 16.6 Å². The van der Waals surface area contributed by atoms with Gasteiger partial charge in [-0.25, -0.2) is 0 Å². The molecule has 3 fully saturated rings. The van der Waals surface area contributed by atoms with Gasteiger partial charge in [0.2, 0.25) is 5.91 Å². The van der Waals surface area contributed by atoms with Crippen molar-refractivity contribution >= 4 is 13.0 Å². The van der Waals surface area contributed by atoms with Gasteiger partial charge in [-0.05, 0) is 89.8 Å². The molecule has 5 aliphatic rings.